The van der Waals surface area contributed by atoms with Crippen LogP contribution in [0.15, 0.2) is 41.3 Å². The Labute approximate surface area is 228 Å². The summed E-state index contributed by atoms with van der Waals surface area (Å²) in [6.45, 7) is 9.41. The zero-order valence-electron chi connectivity index (χ0n) is 22.9. The van der Waals surface area contributed by atoms with Crippen molar-refractivity contribution in [2.75, 3.05) is 17.0 Å². The first-order chi connectivity index (χ1) is 18.4. The quantitative estimate of drug-likeness (QED) is 0.415. The fraction of sp³-hybridized carbons (Fsp3) is 0.379. The minimum Gasteiger partial charge on any atom is -0.455 e. The highest BCUT2D eigenvalue weighted by molar-refractivity contribution is 7.92. The second kappa shape index (κ2) is 11.2. The number of aryl methyl sites for hydroxylation is 3. The number of ether oxygens (including phenoxy) is 1. The summed E-state index contributed by atoms with van der Waals surface area (Å²) in [4.78, 5) is 27.6. The van der Waals surface area contributed by atoms with Gasteiger partial charge in [0.1, 0.15) is 11.6 Å². The van der Waals surface area contributed by atoms with Crippen molar-refractivity contribution < 1.29 is 22.3 Å². The van der Waals surface area contributed by atoms with E-state index < -0.39 is 10.0 Å². The van der Waals surface area contributed by atoms with Gasteiger partial charge in [-0.1, -0.05) is 6.92 Å². The van der Waals surface area contributed by atoms with Gasteiger partial charge in [0.25, 0.3) is 0 Å². The normalized spacial score (nSPS) is 13.2. The van der Waals surface area contributed by atoms with Crippen molar-refractivity contribution in [2.45, 2.75) is 60.4 Å². The van der Waals surface area contributed by atoms with E-state index in [0.717, 1.165) is 6.42 Å². The molecule has 2 aromatic carbocycles. The van der Waals surface area contributed by atoms with E-state index >= 15 is 0 Å². The number of halogens is 1. The minimum absolute atomic E-state index is 0.0150. The van der Waals surface area contributed by atoms with Gasteiger partial charge in [-0.3, -0.25) is 14.3 Å². The van der Waals surface area contributed by atoms with Crippen LogP contribution in [-0.4, -0.2) is 36.1 Å². The molecular weight excluding hydrogens is 521 g/mol. The van der Waals surface area contributed by atoms with Crippen molar-refractivity contribution >= 4 is 21.6 Å². The Balaban J connectivity index is 1.92. The average Bonchev–Trinajstić information content (AvgIpc) is 2.88. The van der Waals surface area contributed by atoms with E-state index in [1.807, 2.05) is 11.5 Å². The van der Waals surface area contributed by atoms with Crippen LogP contribution in [-0.2, 0) is 27.8 Å². The van der Waals surface area contributed by atoms with Crippen LogP contribution in [0.5, 0.6) is 11.5 Å². The number of amides is 1. The van der Waals surface area contributed by atoms with Crippen LogP contribution < -0.4 is 14.9 Å². The number of pyridine rings is 1. The lowest BCUT2D eigenvalue weighted by molar-refractivity contribution is -0.132. The molecule has 0 bridgehead atoms. The third kappa shape index (κ3) is 6.00. The molecule has 2 heterocycles. The molecule has 1 N–H and O–H groups in total. The summed E-state index contributed by atoms with van der Waals surface area (Å²) >= 11 is 0. The summed E-state index contributed by atoms with van der Waals surface area (Å²) < 4.78 is 49.4. The molecule has 0 radical (unpaired) electrons. The summed E-state index contributed by atoms with van der Waals surface area (Å²) in [5.74, 6) is 0.403. The van der Waals surface area contributed by atoms with Gasteiger partial charge in [0.2, 0.25) is 15.9 Å². The second-order valence-electron chi connectivity index (χ2n) is 9.91. The molecule has 0 saturated heterocycles. The molecule has 208 valence electrons. The predicted octanol–water partition coefficient (Wildman–Crippen LogP) is 5.14. The molecule has 0 atom stereocenters. The van der Waals surface area contributed by atoms with Crippen molar-refractivity contribution in [3.63, 3.8) is 0 Å². The summed E-state index contributed by atoms with van der Waals surface area (Å²) in [5.41, 5.74) is 3.72. The average molecular weight is 556 g/mol. The Morgan fingerprint density at radius 1 is 1.08 bits per heavy atom. The number of fused-ring (bicyclic) bond motifs is 1. The molecule has 0 aliphatic carbocycles. The van der Waals surface area contributed by atoms with E-state index in [0.29, 0.717) is 70.2 Å². The highest BCUT2D eigenvalue weighted by Crippen LogP contribution is 2.36. The zero-order valence-corrected chi connectivity index (χ0v) is 23.7. The first kappa shape index (κ1) is 28.4. The number of carbonyl (C=O) groups excluding carboxylic acids is 1. The monoisotopic (exact) mass is 555 g/mol. The van der Waals surface area contributed by atoms with Crippen LogP contribution >= 0.6 is 0 Å². The maximum absolute atomic E-state index is 14.0. The predicted molar refractivity (Wildman–Crippen MR) is 150 cm³/mol. The number of hydrogen-bond donors (Lipinski definition) is 1. The lowest BCUT2D eigenvalue weighted by Gasteiger charge is -2.31. The van der Waals surface area contributed by atoms with E-state index in [1.165, 1.54) is 12.1 Å². The minimum atomic E-state index is -3.56. The SMILES string of the molecule is CCCC(=O)N1CCc2c(n(-c3cc(NS(=O)(=O)CC)ccc3Oc3c(C)cc(F)cc3C)cc(C)c2=O)C1. The van der Waals surface area contributed by atoms with Crippen LogP contribution in [0.25, 0.3) is 5.69 Å². The Kier molecular flexibility index (Phi) is 8.15. The summed E-state index contributed by atoms with van der Waals surface area (Å²) in [5, 5.41) is 0. The molecule has 0 saturated carbocycles. The summed E-state index contributed by atoms with van der Waals surface area (Å²) in [6.07, 6.45) is 3.24. The van der Waals surface area contributed by atoms with Gasteiger partial charge in [0.15, 0.2) is 11.2 Å². The topological polar surface area (TPSA) is 97.7 Å². The van der Waals surface area contributed by atoms with Gasteiger partial charge in [-0.2, -0.15) is 0 Å². The van der Waals surface area contributed by atoms with Gasteiger partial charge in [-0.05, 0) is 82.0 Å². The van der Waals surface area contributed by atoms with Crippen LogP contribution in [0.2, 0.25) is 0 Å². The molecule has 1 aromatic heterocycles. The number of rotatable bonds is 8. The Morgan fingerprint density at radius 2 is 1.77 bits per heavy atom. The number of sulfonamides is 1. The fourth-order valence-corrected chi connectivity index (χ4v) is 5.49. The number of benzene rings is 2. The fourth-order valence-electron chi connectivity index (χ4n) is 4.86. The van der Waals surface area contributed by atoms with E-state index in [9.17, 15) is 22.4 Å². The van der Waals surface area contributed by atoms with Crippen molar-refractivity contribution in [1.82, 2.24) is 9.47 Å². The van der Waals surface area contributed by atoms with Crippen LogP contribution in [0.1, 0.15) is 54.6 Å². The molecule has 8 nitrogen and oxygen atoms in total. The lowest BCUT2D eigenvalue weighted by Crippen LogP contribution is -2.40. The molecule has 0 unspecified atom stereocenters. The Morgan fingerprint density at radius 3 is 2.41 bits per heavy atom. The van der Waals surface area contributed by atoms with E-state index in [1.54, 1.807) is 57.0 Å². The number of hydrogen-bond acceptors (Lipinski definition) is 5. The summed E-state index contributed by atoms with van der Waals surface area (Å²) in [7, 11) is -3.56. The van der Waals surface area contributed by atoms with Gasteiger partial charge in [0, 0.05) is 36.0 Å². The number of carbonyl (C=O) groups is 1. The molecule has 4 rings (SSSR count). The van der Waals surface area contributed by atoms with Gasteiger partial charge < -0.3 is 14.2 Å². The largest absolute Gasteiger partial charge is 0.455 e. The number of nitrogens with one attached hydrogen (secondary N) is 1. The first-order valence-electron chi connectivity index (χ1n) is 13.0. The van der Waals surface area contributed by atoms with Gasteiger partial charge in [-0.15, -0.1) is 0 Å². The molecule has 39 heavy (non-hydrogen) atoms. The van der Waals surface area contributed by atoms with Gasteiger partial charge >= 0.3 is 0 Å². The molecule has 0 spiro atoms. The van der Waals surface area contributed by atoms with Crippen LogP contribution in [0.4, 0.5) is 10.1 Å². The maximum atomic E-state index is 14.0. The Bertz CT molecular complexity index is 1570. The molecule has 10 heteroatoms. The van der Waals surface area contributed by atoms with Crippen LogP contribution in [0, 0.1) is 26.6 Å². The molecular formula is C29H34FN3O5S. The molecule has 0 fully saturated rings. The van der Waals surface area contributed by atoms with Gasteiger partial charge in [0.05, 0.1) is 23.7 Å². The number of nitrogens with zero attached hydrogens (tertiary/aromatic N) is 2. The van der Waals surface area contributed by atoms with E-state index in [4.69, 9.17) is 4.74 Å². The Hall–Kier alpha value is -3.66. The highest BCUT2D eigenvalue weighted by atomic mass is 32.2. The highest BCUT2D eigenvalue weighted by Gasteiger charge is 2.27. The standard InChI is InChI=1S/C29H34FN3O5S/c1-6-8-27(34)32-12-11-23-25(17-32)33(16-20(5)28(23)35)24-15-22(31-39(36,37)7-2)9-10-26(24)38-29-18(3)13-21(30)14-19(29)4/h9-10,13-16,31H,6-8,11-12,17H2,1-5H3. The van der Waals surface area contributed by atoms with Gasteiger partial charge in [-0.25, -0.2) is 12.8 Å². The van der Waals surface area contributed by atoms with Crippen LogP contribution in [0.3, 0.4) is 0 Å². The molecule has 1 aliphatic heterocycles. The number of anilines is 1. The zero-order chi connectivity index (χ0) is 28.5. The van der Waals surface area contributed by atoms with Crippen molar-refractivity contribution in [3.05, 3.63) is 80.5 Å². The van der Waals surface area contributed by atoms with Crippen molar-refractivity contribution in [2.24, 2.45) is 0 Å². The number of aromatic nitrogens is 1. The molecule has 1 aliphatic rings. The van der Waals surface area contributed by atoms with Crippen molar-refractivity contribution in [3.8, 4) is 17.2 Å². The lowest BCUT2D eigenvalue weighted by atomic mass is 10.0. The molecule has 1 amide bonds. The second-order valence-corrected chi connectivity index (χ2v) is 11.9. The first-order valence-corrected chi connectivity index (χ1v) is 14.7. The third-order valence-corrected chi connectivity index (χ3v) is 8.20. The third-order valence-electron chi connectivity index (χ3n) is 6.89. The maximum Gasteiger partial charge on any atom is 0.232 e. The van der Waals surface area contributed by atoms with E-state index in [-0.39, 0.29) is 29.5 Å². The summed E-state index contributed by atoms with van der Waals surface area (Å²) in [6, 6.07) is 7.66. The molecule has 3 aromatic rings. The van der Waals surface area contributed by atoms with Crippen molar-refractivity contribution in [1.29, 1.82) is 0 Å². The smallest absolute Gasteiger partial charge is 0.232 e. The van der Waals surface area contributed by atoms with E-state index in [2.05, 4.69) is 4.72 Å².